The fourth-order valence-electron chi connectivity index (χ4n) is 3.29. The lowest BCUT2D eigenvalue weighted by atomic mass is 9.99. The van der Waals surface area contributed by atoms with E-state index in [4.69, 9.17) is 0 Å². The van der Waals surface area contributed by atoms with Gasteiger partial charge in [0.05, 0.1) is 15.5 Å². The van der Waals surface area contributed by atoms with Gasteiger partial charge in [-0.05, 0) is 71.7 Å². The zero-order chi connectivity index (χ0) is 19.6. The first-order valence-corrected chi connectivity index (χ1v) is 12.6. The third kappa shape index (κ3) is 5.77. The molecule has 1 aliphatic rings. The van der Waals surface area contributed by atoms with Crippen LogP contribution in [0.1, 0.15) is 41.6 Å². The van der Waals surface area contributed by atoms with Crippen LogP contribution < -0.4 is 4.72 Å². The minimum Gasteiger partial charge on any atom is -0.303 e. The van der Waals surface area contributed by atoms with Gasteiger partial charge in [-0.25, -0.2) is 18.1 Å². The number of rotatable bonds is 7. The standard InChI is InChI=1S/C19H29N3O2S3.ClH/c1-13-6-10-22(11-7-13)9-5-8-20-27(23,24)18-12-17(25-16(18)4)19-21-14(2)15(3)26-19;/h12-13,20H,5-11H2,1-4H3;1H. The third-order valence-electron chi connectivity index (χ3n) is 5.22. The maximum atomic E-state index is 12.7. The fraction of sp³-hybridized carbons (Fsp3) is 0.632. The van der Waals surface area contributed by atoms with E-state index in [1.165, 1.54) is 29.1 Å². The first kappa shape index (κ1) is 23.8. The summed E-state index contributed by atoms with van der Waals surface area (Å²) < 4.78 is 28.2. The van der Waals surface area contributed by atoms with Crippen molar-refractivity contribution in [1.82, 2.24) is 14.6 Å². The number of nitrogens with one attached hydrogen (secondary N) is 1. The Hall–Kier alpha value is -0.510. The van der Waals surface area contributed by atoms with E-state index in [1.54, 1.807) is 17.4 Å². The molecule has 28 heavy (non-hydrogen) atoms. The minimum absolute atomic E-state index is 0. The first-order chi connectivity index (χ1) is 12.8. The number of likely N-dealkylation sites (tertiary alicyclic amines) is 1. The van der Waals surface area contributed by atoms with Crippen molar-refractivity contribution in [2.24, 2.45) is 5.92 Å². The van der Waals surface area contributed by atoms with Crippen molar-refractivity contribution in [3.8, 4) is 9.88 Å². The van der Waals surface area contributed by atoms with Crippen molar-refractivity contribution in [3.63, 3.8) is 0 Å². The van der Waals surface area contributed by atoms with Gasteiger partial charge in [0, 0.05) is 16.3 Å². The number of sulfonamides is 1. The van der Waals surface area contributed by atoms with E-state index in [1.807, 2.05) is 20.8 Å². The van der Waals surface area contributed by atoms with Crippen LogP contribution in [0.25, 0.3) is 9.88 Å². The molecule has 0 amide bonds. The number of halogens is 1. The van der Waals surface area contributed by atoms with Gasteiger partial charge in [-0.1, -0.05) is 6.92 Å². The zero-order valence-electron chi connectivity index (χ0n) is 16.9. The van der Waals surface area contributed by atoms with Crippen LogP contribution in [0.15, 0.2) is 11.0 Å². The van der Waals surface area contributed by atoms with Crippen LogP contribution in [0.3, 0.4) is 0 Å². The van der Waals surface area contributed by atoms with Crippen LogP contribution in [0.2, 0.25) is 0 Å². The summed E-state index contributed by atoms with van der Waals surface area (Å²) in [6.07, 6.45) is 3.34. The molecular formula is C19H30ClN3O2S3. The molecule has 3 rings (SSSR count). The highest BCUT2D eigenvalue weighted by Crippen LogP contribution is 2.36. The van der Waals surface area contributed by atoms with Gasteiger partial charge in [0.15, 0.2) is 0 Å². The molecule has 0 atom stereocenters. The highest BCUT2D eigenvalue weighted by atomic mass is 35.5. The normalized spacial score (nSPS) is 16.3. The number of thiazole rings is 1. The molecule has 1 aliphatic heterocycles. The zero-order valence-corrected chi connectivity index (χ0v) is 20.2. The van der Waals surface area contributed by atoms with Gasteiger partial charge in [-0.2, -0.15) is 0 Å². The lowest BCUT2D eigenvalue weighted by Crippen LogP contribution is -2.35. The molecule has 2 aromatic rings. The smallest absolute Gasteiger partial charge is 0.241 e. The molecule has 0 aromatic carbocycles. The summed E-state index contributed by atoms with van der Waals surface area (Å²) >= 11 is 3.12. The van der Waals surface area contributed by atoms with Crippen LogP contribution >= 0.6 is 35.1 Å². The van der Waals surface area contributed by atoms with Crippen molar-refractivity contribution >= 4 is 45.1 Å². The number of thiophene rings is 1. The van der Waals surface area contributed by atoms with Crippen LogP contribution in [-0.4, -0.2) is 44.5 Å². The molecule has 0 bridgehead atoms. The van der Waals surface area contributed by atoms with E-state index >= 15 is 0 Å². The highest BCUT2D eigenvalue weighted by molar-refractivity contribution is 7.89. The summed E-state index contributed by atoms with van der Waals surface area (Å²) in [5.74, 6) is 0.820. The Morgan fingerprint density at radius 3 is 2.46 bits per heavy atom. The van der Waals surface area contributed by atoms with Gasteiger partial charge in [0.25, 0.3) is 0 Å². The van der Waals surface area contributed by atoms with Crippen LogP contribution in [0, 0.1) is 26.7 Å². The molecule has 3 heterocycles. The van der Waals surface area contributed by atoms with E-state index in [9.17, 15) is 8.42 Å². The van der Waals surface area contributed by atoms with Gasteiger partial charge in [0.2, 0.25) is 10.0 Å². The topological polar surface area (TPSA) is 62.3 Å². The van der Waals surface area contributed by atoms with E-state index in [0.29, 0.717) is 11.4 Å². The van der Waals surface area contributed by atoms with Crippen LogP contribution in [0.5, 0.6) is 0 Å². The SMILES string of the molecule is Cc1nc(-c2cc(S(=O)(=O)NCCCN3CCC(C)CC3)c(C)s2)sc1C.Cl. The quantitative estimate of drug-likeness (QED) is 0.608. The molecule has 0 spiro atoms. The lowest BCUT2D eigenvalue weighted by Gasteiger charge is -2.30. The van der Waals surface area contributed by atoms with Crippen molar-refractivity contribution in [1.29, 1.82) is 0 Å². The minimum atomic E-state index is -3.47. The summed E-state index contributed by atoms with van der Waals surface area (Å²) in [5, 5.41) is 0.902. The predicted octanol–water partition coefficient (Wildman–Crippen LogP) is 4.62. The van der Waals surface area contributed by atoms with Crippen LogP contribution in [0.4, 0.5) is 0 Å². The molecule has 0 unspecified atom stereocenters. The number of nitrogens with zero attached hydrogens (tertiary/aromatic N) is 2. The summed E-state index contributed by atoms with van der Waals surface area (Å²) in [5.41, 5.74) is 1.01. The predicted molar refractivity (Wildman–Crippen MR) is 122 cm³/mol. The van der Waals surface area contributed by atoms with Gasteiger partial charge >= 0.3 is 0 Å². The summed E-state index contributed by atoms with van der Waals surface area (Å²) in [6.45, 7) is 11.9. The molecule has 0 saturated carbocycles. The van der Waals surface area contributed by atoms with Gasteiger partial charge in [-0.15, -0.1) is 35.1 Å². The molecule has 9 heteroatoms. The molecule has 1 saturated heterocycles. The Balaban J connectivity index is 0.00000280. The third-order valence-corrected chi connectivity index (χ3v) is 9.23. The second-order valence-corrected chi connectivity index (χ2v) is 11.7. The Morgan fingerprint density at radius 1 is 1.18 bits per heavy atom. The number of hydrogen-bond donors (Lipinski definition) is 1. The molecule has 158 valence electrons. The molecule has 1 fully saturated rings. The maximum Gasteiger partial charge on any atom is 0.241 e. The second-order valence-electron chi connectivity index (χ2n) is 7.47. The number of piperidine rings is 1. The fourth-order valence-corrected chi connectivity index (χ4v) is 6.91. The number of aryl methyl sites for hydroxylation is 3. The first-order valence-electron chi connectivity index (χ1n) is 9.53. The monoisotopic (exact) mass is 463 g/mol. The number of aromatic nitrogens is 1. The highest BCUT2D eigenvalue weighted by Gasteiger charge is 2.22. The molecule has 2 aromatic heterocycles. The molecular weight excluding hydrogens is 434 g/mol. The summed E-state index contributed by atoms with van der Waals surface area (Å²) in [4.78, 5) is 10.3. The van der Waals surface area contributed by atoms with Gasteiger partial charge in [-0.3, -0.25) is 0 Å². The lowest BCUT2D eigenvalue weighted by molar-refractivity contribution is 0.191. The largest absolute Gasteiger partial charge is 0.303 e. The van der Waals surface area contributed by atoms with Crippen LogP contribution in [-0.2, 0) is 10.0 Å². The Labute approximate surface area is 183 Å². The number of hydrogen-bond acceptors (Lipinski definition) is 6. The average Bonchev–Trinajstić information content (AvgIpc) is 3.17. The van der Waals surface area contributed by atoms with E-state index in [-0.39, 0.29) is 12.4 Å². The second kappa shape index (κ2) is 10.00. The summed E-state index contributed by atoms with van der Waals surface area (Å²) in [7, 11) is -3.47. The van der Waals surface area contributed by atoms with E-state index in [2.05, 4.69) is 21.5 Å². The Morgan fingerprint density at radius 2 is 1.86 bits per heavy atom. The Kier molecular flexibility index (Phi) is 8.49. The molecule has 5 nitrogen and oxygen atoms in total. The van der Waals surface area contributed by atoms with E-state index < -0.39 is 10.0 Å². The Bertz CT molecular complexity index is 865. The average molecular weight is 464 g/mol. The molecule has 0 aliphatic carbocycles. The van der Waals surface area contributed by atoms with Crippen molar-refractivity contribution < 1.29 is 8.42 Å². The van der Waals surface area contributed by atoms with Crippen molar-refractivity contribution in [3.05, 3.63) is 21.5 Å². The summed E-state index contributed by atoms with van der Waals surface area (Å²) in [6, 6.07) is 1.77. The maximum absolute atomic E-state index is 12.7. The van der Waals surface area contributed by atoms with Gasteiger partial charge in [0.1, 0.15) is 5.01 Å². The molecule has 0 radical (unpaired) electrons. The van der Waals surface area contributed by atoms with E-state index in [0.717, 1.165) is 52.4 Å². The van der Waals surface area contributed by atoms with Crippen molar-refractivity contribution in [2.45, 2.75) is 51.9 Å². The van der Waals surface area contributed by atoms with Crippen molar-refractivity contribution in [2.75, 3.05) is 26.2 Å². The molecule has 1 N–H and O–H groups in total. The van der Waals surface area contributed by atoms with Gasteiger partial charge < -0.3 is 4.90 Å².